The summed E-state index contributed by atoms with van der Waals surface area (Å²) in [7, 11) is 0. The summed E-state index contributed by atoms with van der Waals surface area (Å²) in [6.07, 6.45) is 82.7. The molecule has 0 radical (unpaired) electrons. The quantitative estimate of drug-likeness (QED) is 0.0262. The van der Waals surface area contributed by atoms with E-state index in [2.05, 4.69) is 167 Å². The van der Waals surface area contributed by atoms with Crippen LogP contribution in [0.25, 0.3) is 0 Å². The molecule has 0 N–H and O–H groups in total. The van der Waals surface area contributed by atoms with Crippen LogP contribution < -0.4 is 0 Å². The van der Waals surface area contributed by atoms with E-state index in [0.29, 0.717) is 19.3 Å². The van der Waals surface area contributed by atoms with Gasteiger partial charge in [0.15, 0.2) is 6.10 Å². The van der Waals surface area contributed by atoms with Crippen molar-refractivity contribution >= 4 is 17.9 Å². The summed E-state index contributed by atoms with van der Waals surface area (Å²) in [4.78, 5) is 37.9. The lowest BCUT2D eigenvalue weighted by Crippen LogP contribution is -2.30. The highest BCUT2D eigenvalue weighted by atomic mass is 16.6. The average Bonchev–Trinajstić information content (AvgIpc) is 3.36. The maximum Gasteiger partial charge on any atom is 0.310 e. The van der Waals surface area contributed by atoms with Gasteiger partial charge in [-0.3, -0.25) is 14.4 Å². The van der Waals surface area contributed by atoms with Crippen LogP contribution in [0.15, 0.2) is 158 Å². The molecular formula is C64H98O6. The Morgan fingerprint density at radius 3 is 0.957 bits per heavy atom. The highest BCUT2D eigenvalue weighted by molar-refractivity contribution is 5.72. The van der Waals surface area contributed by atoms with Gasteiger partial charge in [-0.05, 0) is 122 Å². The molecule has 0 aliphatic rings. The minimum Gasteiger partial charge on any atom is -0.462 e. The first-order valence-corrected chi connectivity index (χ1v) is 27.5. The smallest absolute Gasteiger partial charge is 0.310 e. The van der Waals surface area contributed by atoms with Crippen LogP contribution >= 0.6 is 0 Å². The van der Waals surface area contributed by atoms with Crippen molar-refractivity contribution in [3.05, 3.63) is 158 Å². The maximum absolute atomic E-state index is 12.7. The Balaban J connectivity index is 4.44. The Labute approximate surface area is 429 Å². The molecule has 0 heterocycles. The Hall–Kier alpha value is -4.97. The van der Waals surface area contributed by atoms with Gasteiger partial charge in [-0.25, -0.2) is 0 Å². The molecule has 0 spiro atoms. The molecule has 0 saturated heterocycles. The molecule has 6 heteroatoms. The molecule has 1 unspecified atom stereocenters. The number of ether oxygens (including phenoxy) is 3. The molecule has 1 atom stereocenters. The van der Waals surface area contributed by atoms with Crippen LogP contribution in [0.4, 0.5) is 0 Å². The minimum atomic E-state index is -0.851. The van der Waals surface area contributed by atoms with Crippen LogP contribution in [0, 0.1) is 0 Å². The van der Waals surface area contributed by atoms with E-state index in [9.17, 15) is 14.4 Å². The molecule has 0 aromatic rings. The van der Waals surface area contributed by atoms with E-state index >= 15 is 0 Å². The second-order valence-corrected chi connectivity index (χ2v) is 17.4. The van der Waals surface area contributed by atoms with Gasteiger partial charge in [0.1, 0.15) is 13.2 Å². The summed E-state index contributed by atoms with van der Waals surface area (Å²) in [6.45, 7) is 6.21. The molecule has 6 nitrogen and oxygen atoms in total. The molecule has 390 valence electrons. The Morgan fingerprint density at radius 1 is 0.314 bits per heavy atom. The fourth-order valence-electron chi connectivity index (χ4n) is 6.73. The Kier molecular flexibility index (Phi) is 52.6. The molecule has 0 aliphatic heterocycles. The average molecular weight is 963 g/mol. The first-order chi connectivity index (χ1) is 34.5. The third kappa shape index (κ3) is 54.0. The standard InChI is InChI=1S/C64H98O6/c1-4-7-10-13-16-19-22-24-26-27-28-29-30-31-32-33-34-35-36-37-39-40-42-45-48-51-54-57-63(66)69-60-61(59-68-62(65)56-53-50-47-44-21-18-15-12-9-6-3)70-64(67)58-55-52-49-46-43-41-38-25-23-20-17-14-11-8-5-2/h7-8,10-12,15-17,19-20,24-26,28-29,31-32,34-35,37-39,43,46,52,55,61H,4-6,9,13-14,18,21-23,27,30,33,36,40-42,44-45,47-51,53-54,56-60H2,1-3H3/b10-7-,11-8-,15-12-,19-16-,20-17-,26-24-,29-28-,32-31-,35-34-,38-25-,39-37-,46-43-,55-52-. The van der Waals surface area contributed by atoms with Crippen LogP contribution in [0.3, 0.4) is 0 Å². The van der Waals surface area contributed by atoms with Gasteiger partial charge in [0.25, 0.3) is 0 Å². The monoisotopic (exact) mass is 963 g/mol. The summed E-state index contributed by atoms with van der Waals surface area (Å²) in [6, 6.07) is 0. The van der Waals surface area contributed by atoms with Crippen LogP contribution in [-0.2, 0) is 28.6 Å². The summed E-state index contributed by atoms with van der Waals surface area (Å²) in [5.74, 6) is -1.11. The molecule has 0 aromatic carbocycles. The number of esters is 3. The molecule has 0 fully saturated rings. The number of hydrogen-bond donors (Lipinski definition) is 0. The summed E-state index contributed by atoms with van der Waals surface area (Å²) in [5.41, 5.74) is 0. The van der Waals surface area contributed by atoms with Crippen molar-refractivity contribution in [1.29, 1.82) is 0 Å². The lowest BCUT2D eigenvalue weighted by Gasteiger charge is -2.18. The van der Waals surface area contributed by atoms with Crippen LogP contribution in [0.2, 0.25) is 0 Å². The zero-order valence-electron chi connectivity index (χ0n) is 44.5. The lowest BCUT2D eigenvalue weighted by atomic mass is 10.1. The van der Waals surface area contributed by atoms with Gasteiger partial charge in [-0.15, -0.1) is 0 Å². The Morgan fingerprint density at radius 2 is 0.600 bits per heavy atom. The molecule has 0 saturated carbocycles. The summed E-state index contributed by atoms with van der Waals surface area (Å²) in [5, 5.41) is 0. The number of carbonyl (C=O) groups is 3. The van der Waals surface area contributed by atoms with E-state index in [4.69, 9.17) is 14.2 Å². The van der Waals surface area contributed by atoms with E-state index in [1.807, 2.05) is 6.08 Å². The van der Waals surface area contributed by atoms with E-state index in [1.165, 1.54) is 12.8 Å². The van der Waals surface area contributed by atoms with E-state index in [1.54, 1.807) is 6.08 Å². The third-order valence-corrected chi connectivity index (χ3v) is 10.8. The first kappa shape index (κ1) is 65.0. The molecule has 0 rings (SSSR count). The molecular weight excluding hydrogens is 865 g/mol. The number of unbranched alkanes of at least 4 members (excludes halogenated alkanes) is 11. The van der Waals surface area contributed by atoms with E-state index < -0.39 is 12.1 Å². The van der Waals surface area contributed by atoms with Crippen molar-refractivity contribution in [3.63, 3.8) is 0 Å². The van der Waals surface area contributed by atoms with E-state index in [-0.39, 0.29) is 31.6 Å². The fourth-order valence-corrected chi connectivity index (χ4v) is 6.73. The van der Waals surface area contributed by atoms with E-state index in [0.717, 1.165) is 148 Å². The van der Waals surface area contributed by atoms with Crippen molar-refractivity contribution in [2.24, 2.45) is 0 Å². The van der Waals surface area contributed by atoms with Gasteiger partial charge in [0.2, 0.25) is 0 Å². The highest BCUT2D eigenvalue weighted by Gasteiger charge is 2.19. The van der Waals surface area contributed by atoms with Gasteiger partial charge in [-0.2, -0.15) is 0 Å². The summed E-state index contributed by atoms with van der Waals surface area (Å²) >= 11 is 0. The van der Waals surface area contributed by atoms with Crippen molar-refractivity contribution in [3.8, 4) is 0 Å². The summed E-state index contributed by atoms with van der Waals surface area (Å²) < 4.78 is 16.7. The molecule has 0 aromatic heterocycles. The first-order valence-electron chi connectivity index (χ1n) is 27.5. The van der Waals surface area contributed by atoms with Crippen molar-refractivity contribution in [1.82, 2.24) is 0 Å². The van der Waals surface area contributed by atoms with Crippen molar-refractivity contribution < 1.29 is 28.6 Å². The third-order valence-electron chi connectivity index (χ3n) is 10.8. The highest BCUT2D eigenvalue weighted by Crippen LogP contribution is 2.12. The molecule has 0 bridgehead atoms. The molecule has 0 amide bonds. The zero-order chi connectivity index (χ0) is 50.7. The number of hydrogen-bond acceptors (Lipinski definition) is 6. The topological polar surface area (TPSA) is 78.9 Å². The number of rotatable bonds is 47. The zero-order valence-corrected chi connectivity index (χ0v) is 44.5. The fraction of sp³-hybridized carbons (Fsp3) is 0.547. The molecule has 0 aliphatic carbocycles. The largest absolute Gasteiger partial charge is 0.462 e. The second-order valence-electron chi connectivity index (χ2n) is 17.4. The SMILES string of the molecule is CC/C=C\C/C=C\C/C=C\C/C=C\C/C=C\C/C=C\C/C=C\CCCCCCCC(=O)OCC(COC(=O)CCCCCCC/C=C\CCC)OC(=O)C/C=C\C/C=C\C/C=C\C/C=C\C/C=C\CC. The normalized spacial score (nSPS) is 13.4. The van der Waals surface area contributed by atoms with Crippen LogP contribution in [-0.4, -0.2) is 37.2 Å². The maximum atomic E-state index is 12.7. The number of allylic oxidation sites excluding steroid dienone is 25. The molecule has 70 heavy (non-hydrogen) atoms. The minimum absolute atomic E-state index is 0.0829. The van der Waals surface area contributed by atoms with Crippen LogP contribution in [0.5, 0.6) is 0 Å². The van der Waals surface area contributed by atoms with Crippen LogP contribution in [0.1, 0.15) is 207 Å². The van der Waals surface area contributed by atoms with Gasteiger partial charge in [0.05, 0.1) is 6.42 Å². The van der Waals surface area contributed by atoms with Gasteiger partial charge >= 0.3 is 17.9 Å². The predicted molar refractivity (Wildman–Crippen MR) is 302 cm³/mol. The van der Waals surface area contributed by atoms with Crippen molar-refractivity contribution in [2.75, 3.05) is 13.2 Å². The number of carbonyl (C=O) groups excluding carboxylic acids is 3. The predicted octanol–water partition coefficient (Wildman–Crippen LogP) is 18.6. The lowest BCUT2D eigenvalue weighted by molar-refractivity contribution is -0.166. The van der Waals surface area contributed by atoms with Gasteiger partial charge in [-0.1, -0.05) is 224 Å². The van der Waals surface area contributed by atoms with Crippen molar-refractivity contribution in [2.45, 2.75) is 213 Å². The second kappa shape index (κ2) is 56.6. The van der Waals surface area contributed by atoms with Gasteiger partial charge < -0.3 is 14.2 Å². The van der Waals surface area contributed by atoms with Gasteiger partial charge in [0, 0.05) is 12.8 Å². The Bertz CT molecular complexity index is 1620.